The average molecular weight is 325 g/mol. The molecule has 0 aliphatic carbocycles. The Balaban J connectivity index is 1.83. The van der Waals surface area contributed by atoms with Crippen LogP contribution in [0.4, 0.5) is 10.1 Å². The molecule has 22 heavy (non-hydrogen) atoms. The molecule has 0 saturated heterocycles. The largest absolute Gasteiger partial charge is 0.389 e. The second-order valence-corrected chi connectivity index (χ2v) is 6.54. The summed E-state index contributed by atoms with van der Waals surface area (Å²) < 4.78 is 18.5. The highest BCUT2D eigenvalue weighted by Gasteiger charge is 2.29. The van der Waals surface area contributed by atoms with E-state index >= 15 is 0 Å². The molecule has 0 radical (unpaired) electrons. The van der Waals surface area contributed by atoms with Crippen LogP contribution in [0.5, 0.6) is 0 Å². The maximum Gasteiger partial charge on any atom is 0.305 e. The van der Waals surface area contributed by atoms with E-state index in [-0.39, 0.29) is 11.2 Å². The van der Waals surface area contributed by atoms with E-state index in [1.807, 2.05) is 13.8 Å². The topological polar surface area (TPSA) is 90.8 Å². The Morgan fingerprint density at radius 3 is 2.91 bits per heavy atom. The number of hydrogen-bond donors (Lipinski definition) is 0. The van der Waals surface area contributed by atoms with Gasteiger partial charge >= 0.3 is 5.69 Å². The molecule has 0 unspecified atom stereocenters. The third-order valence-electron chi connectivity index (χ3n) is 3.16. The highest BCUT2D eigenvalue weighted by molar-refractivity contribution is 8.13. The summed E-state index contributed by atoms with van der Waals surface area (Å²) in [7, 11) is 0. The van der Waals surface area contributed by atoms with Crippen molar-refractivity contribution in [3.05, 3.63) is 33.8 Å². The Bertz CT molecular complexity index is 787. The molecule has 2 aromatic rings. The molecule has 0 spiro atoms. The van der Waals surface area contributed by atoms with E-state index in [0.717, 1.165) is 17.2 Å². The van der Waals surface area contributed by atoms with E-state index in [1.54, 1.807) is 0 Å². The van der Waals surface area contributed by atoms with Gasteiger partial charge in [-0.3, -0.25) is 10.1 Å². The molecule has 1 aliphatic rings. The van der Waals surface area contributed by atoms with Gasteiger partial charge in [0.1, 0.15) is 16.3 Å². The lowest BCUT2D eigenvalue weighted by atomic mass is 10.1. The SMILES string of the molecule is CC1(C)CC(SCc2noc3cc(F)c([N+](=O)[O-])cc23)=NO1. The molecule has 0 fully saturated rings. The summed E-state index contributed by atoms with van der Waals surface area (Å²) >= 11 is 1.42. The number of fused-ring (bicyclic) bond motifs is 1. The van der Waals surface area contributed by atoms with Crippen molar-refractivity contribution in [3.8, 4) is 0 Å². The zero-order valence-electron chi connectivity index (χ0n) is 11.8. The second kappa shape index (κ2) is 5.24. The van der Waals surface area contributed by atoms with Gasteiger partial charge in [0, 0.05) is 24.3 Å². The van der Waals surface area contributed by atoms with E-state index in [4.69, 9.17) is 9.36 Å². The van der Waals surface area contributed by atoms with Gasteiger partial charge in [0.05, 0.1) is 10.3 Å². The molecule has 0 amide bonds. The molecule has 0 N–H and O–H groups in total. The Kier molecular flexibility index (Phi) is 3.51. The molecule has 1 aromatic carbocycles. The molecule has 0 atom stereocenters. The van der Waals surface area contributed by atoms with Gasteiger partial charge in [-0.2, -0.15) is 4.39 Å². The van der Waals surface area contributed by atoms with E-state index < -0.39 is 16.4 Å². The maximum absolute atomic E-state index is 13.5. The summed E-state index contributed by atoms with van der Waals surface area (Å²) in [5, 5.41) is 19.9. The number of halogens is 1. The van der Waals surface area contributed by atoms with Gasteiger partial charge in [0.25, 0.3) is 0 Å². The molecule has 1 aliphatic heterocycles. The number of aromatic nitrogens is 1. The number of nitro benzene ring substituents is 1. The first kappa shape index (κ1) is 14.8. The normalized spacial score (nSPS) is 16.6. The van der Waals surface area contributed by atoms with Gasteiger partial charge in [-0.25, -0.2) is 0 Å². The van der Waals surface area contributed by atoms with Crippen LogP contribution in [0.15, 0.2) is 21.8 Å². The lowest BCUT2D eigenvalue weighted by Crippen LogP contribution is -2.18. The summed E-state index contributed by atoms with van der Waals surface area (Å²) in [4.78, 5) is 15.3. The van der Waals surface area contributed by atoms with Crippen molar-refractivity contribution in [1.82, 2.24) is 5.16 Å². The number of oxime groups is 1. The molecule has 9 heteroatoms. The van der Waals surface area contributed by atoms with Crippen LogP contribution in [-0.2, 0) is 10.6 Å². The second-order valence-electron chi connectivity index (χ2n) is 5.49. The van der Waals surface area contributed by atoms with Crippen molar-refractivity contribution in [2.75, 3.05) is 0 Å². The molecule has 0 saturated carbocycles. The van der Waals surface area contributed by atoms with Gasteiger partial charge in [-0.05, 0) is 13.8 Å². The molecular formula is C13H12FN3O4S. The predicted molar refractivity (Wildman–Crippen MR) is 79.1 cm³/mol. The predicted octanol–water partition coefficient (Wildman–Crippen LogP) is 3.62. The van der Waals surface area contributed by atoms with E-state index in [2.05, 4.69) is 10.3 Å². The minimum absolute atomic E-state index is 0.184. The quantitative estimate of drug-likeness (QED) is 0.632. The molecule has 7 nitrogen and oxygen atoms in total. The Hall–Kier alpha value is -2.16. The molecular weight excluding hydrogens is 313 g/mol. The Labute approximate surface area is 128 Å². The number of nitrogens with zero attached hydrogens (tertiary/aromatic N) is 3. The molecule has 1 aromatic heterocycles. The lowest BCUT2D eigenvalue weighted by molar-refractivity contribution is -0.387. The molecule has 2 heterocycles. The maximum atomic E-state index is 13.5. The highest BCUT2D eigenvalue weighted by atomic mass is 32.2. The number of thioether (sulfide) groups is 1. The standard InChI is InChI=1S/C13H12FN3O4S/c1-13(2)5-12(16-21-13)22-6-9-7-3-10(17(18)19)8(14)4-11(7)20-15-9/h3-4H,5-6H2,1-2H3. The van der Waals surface area contributed by atoms with Crippen LogP contribution < -0.4 is 0 Å². The Morgan fingerprint density at radius 2 is 2.27 bits per heavy atom. The zero-order valence-corrected chi connectivity index (χ0v) is 12.6. The van der Waals surface area contributed by atoms with Gasteiger partial charge in [0.2, 0.25) is 5.82 Å². The summed E-state index contributed by atoms with van der Waals surface area (Å²) in [6, 6.07) is 2.13. The minimum atomic E-state index is -0.942. The summed E-state index contributed by atoms with van der Waals surface area (Å²) in [6.45, 7) is 3.86. The first-order valence-corrected chi connectivity index (χ1v) is 7.44. The smallest absolute Gasteiger partial charge is 0.305 e. The number of nitro groups is 1. The number of rotatable bonds is 3. The fraction of sp³-hybridized carbons (Fsp3) is 0.385. The van der Waals surface area contributed by atoms with Crippen LogP contribution in [0.2, 0.25) is 0 Å². The van der Waals surface area contributed by atoms with E-state index in [0.29, 0.717) is 23.3 Å². The van der Waals surface area contributed by atoms with Crippen LogP contribution in [0.1, 0.15) is 26.0 Å². The fourth-order valence-electron chi connectivity index (χ4n) is 2.07. The van der Waals surface area contributed by atoms with E-state index in [1.165, 1.54) is 11.8 Å². The Morgan fingerprint density at radius 1 is 1.50 bits per heavy atom. The molecule has 3 rings (SSSR count). The lowest BCUT2D eigenvalue weighted by Gasteiger charge is -2.12. The molecule has 116 valence electrons. The van der Waals surface area contributed by atoms with Crippen molar-refractivity contribution in [2.24, 2.45) is 5.16 Å². The summed E-state index contributed by atoms with van der Waals surface area (Å²) in [5.74, 6) is -0.531. The van der Waals surface area contributed by atoms with Gasteiger partial charge < -0.3 is 9.36 Å². The average Bonchev–Trinajstić information content (AvgIpc) is 2.98. The minimum Gasteiger partial charge on any atom is -0.389 e. The van der Waals surface area contributed by atoms with Gasteiger partial charge in [0.15, 0.2) is 5.58 Å². The van der Waals surface area contributed by atoms with Crippen molar-refractivity contribution in [3.63, 3.8) is 0 Å². The monoisotopic (exact) mass is 325 g/mol. The van der Waals surface area contributed by atoms with Gasteiger partial charge in [-0.15, -0.1) is 11.8 Å². The van der Waals surface area contributed by atoms with Gasteiger partial charge in [-0.1, -0.05) is 10.3 Å². The van der Waals surface area contributed by atoms with Crippen LogP contribution in [-0.4, -0.2) is 20.7 Å². The fourth-order valence-corrected chi connectivity index (χ4v) is 3.13. The third kappa shape index (κ3) is 2.76. The van der Waals surface area contributed by atoms with Crippen LogP contribution >= 0.6 is 11.8 Å². The third-order valence-corrected chi connectivity index (χ3v) is 4.13. The number of hydrogen-bond acceptors (Lipinski definition) is 7. The van der Waals surface area contributed by atoms with Crippen molar-refractivity contribution in [1.29, 1.82) is 0 Å². The van der Waals surface area contributed by atoms with Crippen molar-refractivity contribution < 1.29 is 18.7 Å². The van der Waals surface area contributed by atoms with E-state index in [9.17, 15) is 14.5 Å². The summed E-state index contributed by atoms with van der Waals surface area (Å²) in [6.07, 6.45) is 0.683. The van der Waals surface area contributed by atoms with Crippen LogP contribution in [0, 0.1) is 15.9 Å². The van der Waals surface area contributed by atoms with Crippen LogP contribution in [0.25, 0.3) is 11.0 Å². The summed E-state index contributed by atoms with van der Waals surface area (Å²) in [5.41, 5.74) is -0.223. The highest BCUT2D eigenvalue weighted by Crippen LogP contribution is 2.32. The molecule has 0 bridgehead atoms. The number of benzene rings is 1. The van der Waals surface area contributed by atoms with Crippen molar-refractivity contribution in [2.45, 2.75) is 31.6 Å². The first-order chi connectivity index (χ1) is 10.4. The first-order valence-electron chi connectivity index (χ1n) is 6.46. The van der Waals surface area contributed by atoms with Crippen molar-refractivity contribution >= 4 is 33.5 Å². The van der Waals surface area contributed by atoms with Crippen LogP contribution in [0.3, 0.4) is 0 Å². The zero-order chi connectivity index (χ0) is 15.9.